The highest BCUT2D eigenvalue weighted by Crippen LogP contribution is 2.32. The Morgan fingerprint density at radius 2 is 2.00 bits per heavy atom. The Hall–Kier alpha value is -2.09. The van der Waals surface area contributed by atoms with Crippen LogP contribution in [0.3, 0.4) is 0 Å². The van der Waals surface area contributed by atoms with E-state index in [9.17, 15) is 14.8 Å². The van der Waals surface area contributed by atoms with Crippen LogP contribution in [-0.4, -0.2) is 14.3 Å². The van der Waals surface area contributed by atoms with E-state index in [1.807, 2.05) is 0 Å². The Kier molecular flexibility index (Phi) is 3.32. The number of nitrogens with zero attached hydrogens (tertiary/aromatic N) is 3. The number of halogens is 1. The van der Waals surface area contributed by atoms with Crippen LogP contribution in [0.5, 0.6) is 0 Å². The van der Waals surface area contributed by atoms with Gasteiger partial charge in [0, 0.05) is 12.1 Å². The molecule has 0 spiro atoms. The van der Waals surface area contributed by atoms with Gasteiger partial charge in [0.05, 0.1) is 11.4 Å². The third-order valence-electron chi connectivity index (χ3n) is 3.31. The number of anilines is 1. The van der Waals surface area contributed by atoms with Crippen molar-refractivity contribution in [1.29, 1.82) is 0 Å². The molecule has 1 aliphatic rings. The molecule has 0 bridgehead atoms. The number of benzene rings is 1. The number of hydrogen-bond acceptors (Lipinski definition) is 5. The molecular formula is C13H11ClN3O4-. The first-order valence-electron chi connectivity index (χ1n) is 6.29. The van der Waals surface area contributed by atoms with Crippen molar-refractivity contribution in [3.63, 3.8) is 0 Å². The Balaban J connectivity index is 2.23. The smallest absolute Gasteiger partial charge is 0.337 e. The van der Waals surface area contributed by atoms with E-state index in [1.54, 1.807) is 6.07 Å². The molecule has 0 aliphatic heterocycles. The summed E-state index contributed by atoms with van der Waals surface area (Å²) in [5.41, 5.74) is -0.735. The van der Waals surface area contributed by atoms with Crippen LogP contribution in [0, 0.1) is 5.21 Å². The normalized spacial score (nSPS) is 14.2. The van der Waals surface area contributed by atoms with Gasteiger partial charge in [0.1, 0.15) is 5.15 Å². The number of hydrogen-bond donors (Lipinski definition) is 1. The zero-order valence-corrected chi connectivity index (χ0v) is 11.5. The van der Waals surface area contributed by atoms with Crippen LogP contribution >= 0.6 is 11.6 Å². The fourth-order valence-corrected chi connectivity index (χ4v) is 2.45. The van der Waals surface area contributed by atoms with Gasteiger partial charge in [0.15, 0.2) is 0 Å². The van der Waals surface area contributed by atoms with E-state index in [1.165, 1.54) is 24.3 Å². The van der Waals surface area contributed by atoms with Crippen molar-refractivity contribution < 1.29 is 5.21 Å². The molecule has 1 saturated carbocycles. The molecule has 0 saturated heterocycles. The lowest BCUT2D eigenvalue weighted by molar-refractivity contribution is 0.296. The van der Waals surface area contributed by atoms with E-state index >= 15 is 0 Å². The molecule has 2 aromatic rings. The van der Waals surface area contributed by atoms with Gasteiger partial charge in [-0.15, -0.1) is 0 Å². The Labute approximate surface area is 123 Å². The lowest BCUT2D eigenvalue weighted by atomic mass is 10.3. The van der Waals surface area contributed by atoms with Crippen LogP contribution in [-0.2, 0) is 0 Å². The van der Waals surface area contributed by atoms with Gasteiger partial charge < -0.3 is 10.4 Å². The second kappa shape index (κ2) is 5.03. The predicted molar refractivity (Wildman–Crippen MR) is 77.2 cm³/mol. The molecule has 8 heteroatoms. The highest BCUT2D eigenvalue weighted by atomic mass is 35.5. The summed E-state index contributed by atoms with van der Waals surface area (Å²) in [6.07, 6.45) is 1.56. The third-order valence-corrected chi connectivity index (χ3v) is 3.59. The van der Waals surface area contributed by atoms with Crippen molar-refractivity contribution in [3.05, 3.63) is 61.5 Å². The molecule has 0 unspecified atom stereocenters. The van der Waals surface area contributed by atoms with Crippen molar-refractivity contribution >= 4 is 17.3 Å². The van der Waals surface area contributed by atoms with E-state index < -0.39 is 11.2 Å². The largest absolute Gasteiger partial charge is 0.733 e. The highest BCUT2D eigenvalue weighted by Gasteiger charge is 2.28. The van der Waals surface area contributed by atoms with Crippen molar-refractivity contribution in [2.45, 2.75) is 18.9 Å². The maximum absolute atomic E-state index is 12.5. The Morgan fingerprint density at radius 1 is 1.29 bits per heavy atom. The highest BCUT2D eigenvalue weighted by molar-refractivity contribution is 6.29. The van der Waals surface area contributed by atoms with E-state index in [0.29, 0.717) is 5.69 Å². The second-order valence-electron chi connectivity index (χ2n) is 4.82. The van der Waals surface area contributed by atoms with Gasteiger partial charge in [0.2, 0.25) is 0 Å². The van der Waals surface area contributed by atoms with Crippen molar-refractivity contribution in [3.8, 4) is 5.69 Å². The fourth-order valence-electron chi connectivity index (χ4n) is 2.18. The summed E-state index contributed by atoms with van der Waals surface area (Å²) < 4.78 is 2.29. The molecule has 1 aliphatic carbocycles. The Morgan fingerprint density at radius 3 is 2.62 bits per heavy atom. The van der Waals surface area contributed by atoms with Gasteiger partial charge in [-0.05, 0) is 31.0 Å². The molecule has 1 heterocycles. The van der Waals surface area contributed by atoms with Crippen molar-refractivity contribution in [1.82, 2.24) is 9.13 Å². The summed E-state index contributed by atoms with van der Waals surface area (Å²) in [5.74, 6) is 0. The maximum Gasteiger partial charge on any atom is 0.337 e. The predicted octanol–water partition coefficient (Wildman–Crippen LogP) is 1.68. The van der Waals surface area contributed by atoms with Crippen LogP contribution < -0.4 is 16.5 Å². The minimum absolute atomic E-state index is 0.0420. The van der Waals surface area contributed by atoms with Crippen LogP contribution in [0.4, 0.5) is 5.69 Å². The molecule has 1 aromatic carbocycles. The molecular weight excluding hydrogens is 298 g/mol. The monoisotopic (exact) mass is 308 g/mol. The summed E-state index contributed by atoms with van der Waals surface area (Å²) in [5, 5.41) is 19.5. The van der Waals surface area contributed by atoms with Crippen LogP contribution in [0.2, 0.25) is 5.15 Å². The van der Waals surface area contributed by atoms with Gasteiger partial charge in [0.25, 0.3) is 5.56 Å². The summed E-state index contributed by atoms with van der Waals surface area (Å²) in [7, 11) is 0. The lowest BCUT2D eigenvalue weighted by Crippen LogP contribution is -2.38. The third kappa shape index (κ3) is 2.46. The minimum Gasteiger partial charge on any atom is -0.733 e. The average molecular weight is 309 g/mol. The van der Waals surface area contributed by atoms with Gasteiger partial charge >= 0.3 is 5.69 Å². The maximum atomic E-state index is 12.5. The number of rotatable bonds is 3. The molecule has 0 radical (unpaired) electrons. The first-order valence-corrected chi connectivity index (χ1v) is 6.67. The SMILES string of the molecule is O=c1cc(Cl)n(-c2cccc(N([O-])O)c2)c(=O)n1C1CC1. The quantitative estimate of drug-likeness (QED) is 0.688. The lowest BCUT2D eigenvalue weighted by Gasteiger charge is -2.22. The molecule has 1 fully saturated rings. The molecule has 21 heavy (non-hydrogen) atoms. The topological polar surface area (TPSA) is 90.5 Å². The van der Waals surface area contributed by atoms with E-state index in [-0.39, 0.29) is 22.1 Å². The summed E-state index contributed by atoms with van der Waals surface area (Å²) in [4.78, 5) is 24.3. The second-order valence-corrected chi connectivity index (χ2v) is 5.20. The minimum atomic E-state index is -0.553. The van der Waals surface area contributed by atoms with Crippen LogP contribution in [0.1, 0.15) is 18.9 Å². The molecule has 0 amide bonds. The van der Waals surface area contributed by atoms with Gasteiger partial charge in [-0.2, -0.15) is 0 Å². The van der Waals surface area contributed by atoms with Gasteiger partial charge in [-0.1, -0.05) is 17.7 Å². The van der Waals surface area contributed by atoms with Gasteiger partial charge in [-0.25, -0.2) is 4.79 Å². The molecule has 7 nitrogen and oxygen atoms in total. The molecule has 0 atom stereocenters. The van der Waals surface area contributed by atoms with Crippen molar-refractivity contribution in [2.75, 3.05) is 5.23 Å². The fraction of sp³-hybridized carbons (Fsp3) is 0.231. The van der Waals surface area contributed by atoms with E-state index in [2.05, 4.69) is 0 Å². The summed E-state index contributed by atoms with van der Waals surface area (Å²) in [6, 6.07) is 6.82. The summed E-state index contributed by atoms with van der Waals surface area (Å²) >= 11 is 5.99. The molecule has 1 aromatic heterocycles. The first kappa shape index (κ1) is 13.9. The molecule has 1 N–H and O–H groups in total. The molecule has 110 valence electrons. The van der Waals surface area contributed by atoms with Crippen molar-refractivity contribution in [2.24, 2.45) is 0 Å². The molecule has 3 rings (SSSR count). The summed E-state index contributed by atoms with van der Waals surface area (Å²) in [6.45, 7) is 0. The Bertz CT molecular complexity index is 808. The first-order chi connectivity index (χ1) is 9.99. The zero-order chi connectivity index (χ0) is 15.1. The average Bonchev–Trinajstić information content (AvgIpc) is 3.23. The van der Waals surface area contributed by atoms with E-state index in [4.69, 9.17) is 16.8 Å². The van der Waals surface area contributed by atoms with E-state index in [0.717, 1.165) is 22.0 Å². The van der Waals surface area contributed by atoms with Crippen LogP contribution in [0.15, 0.2) is 39.9 Å². The van der Waals surface area contributed by atoms with Gasteiger partial charge in [-0.3, -0.25) is 19.1 Å². The standard InChI is InChI=1S/C13H11ClN3O4/c14-11-7-12(18)16(8-4-5-8)13(19)15(11)9-2-1-3-10(6-9)17(20)21/h1-3,6-8,20H,4-5H2/q-1. The number of aromatic nitrogens is 2. The van der Waals surface area contributed by atoms with Crippen LogP contribution in [0.25, 0.3) is 5.69 Å². The zero-order valence-electron chi connectivity index (χ0n) is 10.8.